The largest absolute Gasteiger partial charge is 0.468 e. The molecule has 0 heterocycles. The Bertz CT molecular complexity index is 199. The molecule has 0 radical (unpaired) electrons. The molecule has 12 heavy (non-hydrogen) atoms. The van der Waals surface area contributed by atoms with Gasteiger partial charge in [0.2, 0.25) is 0 Å². The molecule has 68 valence electrons. The predicted molar refractivity (Wildman–Crippen MR) is 40.3 cm³/mol. The number of esters is 1. The van der Waals surface area contributed by atoms with Crippen LogP contribution < -0.4 is 0 Å². The number of methoxy groups -OCH3 is 1. The van der Waals surface area contributed by atoms with Crippen LogP contribution in [-0.4, -0.2) is 30.6 Å². The van der Waals surface area contributed by atoms with Crippen LogP contribution in [0.15, 0.2) is 0 Å². The monoisotopic (exact) mass is 172 g/mol. The van der Waals surface area contributed by atoms with E-state index in [2.05, 4.69) is 4.74 Å². The van der Waals surface area contributed by atoms with Gasteiger partial charge in [0, 0.05) is 18.9 Å². The predicted octanol–water partition coefficient (Wildman–Crippen LogP) is -0.253. The minimum absolute atomic E-state index is 0.110. The number of rotatable bonds is 2. The van der Waals surface area contributed by atoms with Crippen LogP contribution in [0.2, 0.25) is 0 Å². The van der Waals surface area contributed by atoms with Crippen molar-refractivity contribution in [3.8, 4) is 0 Å². The van der Waals surface area contributed by atoms with Crippen LogP contribution in [0.3, 0.4) is 0 Å². The SMILES string of the molecule is COC(=O)C1C(=O)CCC1CO. The van der Waals surface area contributed by atoms with Crippen molar-refractivity contribution in [1.82, 2.24) is 0 Å². The summed E-state index contributed by atoms with van der Waals surface area (Å²) in [4.78, 5) is 22.2. The van der Waals surface area contributed by atoms with Crippen LogP contribution in [0.4, 0.5) is 0 Å². The van der Waals surface area contributed by atoms with Crippen molar-refractivity contribution in [1.29, 1.82) is 0 Å². The molecule has 1 fully saturated rings. The Balaban J connectivity index is 2.70. The number of Topliss-reactive ketones (excluding diaryl/α,β-unsaturated/α-hetero) is 1. The summed E-state index contributed by atoms with van der Waals surface area (Å²) in [5.41, 5.74) is 0. The molecule has 4 nitrogen and oxygen atoms in total. The van der Waals surface area contributed by atoms with Gasteiger partial charge in [0.15, 0.2) is 0 Å². The number of hydrogen-bond donors (Lipinski definition) is 1. The molecule has 0 amide bonds. The minimum Gasteiger partial charge on any atom is -0.468 e. The summed E-state index contributed by atoms with van der Waals surface area (Å²) in [6.07, 6.45) is 0.972. The van der Waals surface area contributed by atoms with E-state index < -0.39 is 11.9 Å². The summed E-state index contributed by atoms with van der Waals surface area (Å²) in [6, 6.07) is 0. The van der Waals surface area contributed by atoms with E-state index in [1.165, 1.54) is 7.11 Å². The third-order valence-electron chi connectivity index (χ3n) is 2.27. The van der Waals surface area contributed by atoms with Gasteiger partial charge in [-0.05, 0) is 6.42 Å². The van der Waals surface area contributed by atoms with Crippen molar-refractivity contribution in [3.63, 3.8) is 0 Å². The van der Waals surface area contributed by atoms with Crippen LogP contribution in [0.5, 0.6) is 0 Å². The minimum atomic E-state index is -0.722. The number of ether oxygens (including phenoxy) is 1. The Morgan fingerprint density at radius 3 is 2.92 bits per heavy atom. The second kappa shape index (κ2) is 3.67. The van der Waals surface area contributed by atoms with Crippen LogP contribution in [0.1, 0.15) is 12.8 Å². The molecule has 4 heteroatoms. The molecule has 0 saturated heterocycles. The van der Waals surface area contributed by atoms with Gasteiger partial charge in [-0.1, -0.05) is 0 Å². The van der Waals surface area contributed by atoms with Crippen LogP contribution in [-0.2, 0) is 14.3 Å². The van der Waals surface area contributed by atoms with E-state index in [9.17, 15) is 9.59 Å². The van der Waals surface area contributed by atoms with Gasteiger partial charge in [0.25, 0.3) is 0 Å². The lowest BCUT2D eigenvalue weighted by molar-refractivity contribution is -0.150. The third-order valence-corrected chi connectivity index (χ3v) is 2.27. The van der Waals surface area contributed by atoms with Crippen molar-refractivity contribution < 1.29 is 19.4 Å². The Morgan fingerprint density at radius 1 is 1.75 bits per heavy atom. The molecular weight excluding hydrogens is 160 g/mol. The Hall–Kier alpha value is -0.900. The molecule has 0 spiro atoms. The number of carbonyl (C=O) groups excluding carboxylic acids is 2. The van der Waals surface area contributed by atoms with E-state index in [4.69, 9.17) is 5.11 Å². The summed E-state index contributed by atoms with van der Waals surface area (Å²) in [7, 11) is 1.25. The average molecular weight is 172 g/mol. The molecule has 2 atom stereocenters. The molecule has 0 aromatic rings. The Kier molecular flexibility index (Phi) is 2.81. The summed E-state index contributed by atoms with van der Waals surface area (Å²) in [5, 5.41) is 8.84. The van der Waals surface area contributed by atoms with E-state index >= 15 is 0 Å². The smallest absolute Gasteiger partial charge is 0.316 e. The molecule has 0 bridgehead atoms. The zero-order valence-corrected chi connectivity index (χ0v) is 6.95. The maximum absolute atomic E-state index is 11.1. The molecule has 1 N–H and O–H groups in total. The lowest BCUT2D eigenvalue weighted by Gasteiger charge is -2.12. The highest BCUT2D eigenvalue weighted by Gasteiger charge is 2.40. The lowest BCUT2D eigenvalue weighted by Crippen LogP contribution is -2.27. The van der Waals surface area contributed by atoms with Crippen LogP contribution in [0, 0.1) is 11.8 Å². The fourth-order valence-corrected chi connectivity index (χ4v) is 1.56. The van der Waals surface area contributed by atoms with Crippen LogP contribution in [0.25, 0.3) is 0 Å². The van der Waals surface area contributed by atoms with Crippen molar-refractivity contribution in [2.75, 3.05) is 13.7 Å². The number of aliphatic hydroxyl groups is 1. The number of ketones is 1. The summed E-state index contributed by atoms with van der Waals surface area (Å²) in [6.45, 7) is -0.120. The maximum atomic E-state index is 11.1. The molecule has 1 rings (SSSR count). The maximum Gasteiger partial charge on any atom is 0.316 e. The van der Waals surface area contributed by atoms with E-state index in [1.807, 2.05) is 0 Å². The second-order valence-corrected chi connectivity index (χ2v) is 2.95. The van der Waals surface area contributed by atoms with Gasteiger partial charge in [0.1, 0.15) is 11.7 Å². The number of hydrogen-bond acceptors (Lipinski definition) is 4. The van der Waals surface area contributed by atoms with Gasteiger partial charge >= 0.3 is 5.97 Å². The normalized spacial score (nSPS) is 29.0. The first-order chi connectivity index (χ1) is 5.70. The van der Waals surface area contributed by atoms with E-state index in [0.29, 0.717) is 12.8 Å². The molecule has 0 aliphatic heterocycles. The zero-order chi connectivity index (χ0) is 9.14. The standard InChI is InChI=1S/C8H12O4/c1-12-8(11)7-5(4-9)2-3-6(7)10/h5,7,9H,2-4H2,1H3. The van der Waals surface area contributed by atoms with Gasteiger partial charge in [-0.3, -0.25) is 9.59 Å². The molecular formula is C8H12O4. The quantitative estimate of drug-likeness (QED) is 0.460. The van der Waals surface area contributed by atoms with Crippen molar-refractivity contribution in [3.05, 3.63) is 0 Å². The van der Waals surface area contributed by atoms with Crippen molar-refractivity contribution in [2.24, 2.45) is 11.8 Å². The first-order valence-electron chi connectivity index (χ1n) is 3.92. The number of aliphatic hydroxyl groups excluding tert-OH is 1. The van der Waals surface area contributed by atoms with E-state index in [0.717, 1.165) is 0 Å². The topological polar surface area (TPSA) is 63.6 Å². The summed E-state index contributed by atoms with van der Waals surface area (Å²) in [5.74, 6) is -1.58. The fraction of sp³-hybridized carbons (Fsp3) is 0.750. The molecule has 0 aromatic heterocycles. The zero-order valence-electron chi connectivity index (χ0n) is 6.95. The lowest BCUT2D eigenvalue weighted by atomic mass is 9.97. The first kappa shape index (κ1) is 9.19. The fourth-order valence-electron chi connectivity index (χ4n) is 1.56. The van der Waals surface area contributed by atoms with Crippen molar-refractivity contribution >= 4 is 11.8 Å². The van der Waals surface area contributed by atoms with E-state index in [-0.39, 0.29) is 18.3 Å². The molecule has 0 aromatic carbocycles. The highest BCUT2D eigenvalue weighted by atomic mass is 16.5. The van der Waals surface area contributed by atoms with Gasteiger partial charge in [-0.2, -0.15) is 0 Å². The second-order valence-electron chi connectivity index (χ2n) is 2.95. The summed E-state index contributed by atoms with van der Waals surface area (Å²) >= 11 is 0. The van der Waals surface area contributed by atoms with Gasteiger partial charge in [-0.15, -0.1) is 0 Å². The summed E-state index contributed by atoms with van der Waals surface area (Å²) < 4.78 is 4.47. The molecule has 2 unspecified atom stereocenters. The van der Waals surface area contributed by atoms with Gasteiger partial charge < -0.3 is 9.84 Å². The number of carbonyl (C=O) groups is 2. The van der Waals surface area contributed by atoms with Gasteiger partial charge in [-0.25, -0.2) is 0 Å². The Labute approximate surface area is 70.5 Å². The van der Waals surface area contributed by atoms with Gasteiger partial charge in [0.05, 0.1) is 7.11 Å². The highest BCUT2D eigenvalue weighted by Crippen LogP contribution is 2.28. The average Bonchev–Trinajstić information content (AvgIpc) is 2.45. The highest BCUT2D eigenvalue weighted by molar-refractivity contribution is 6.00. The van der Waals surface area contributed by atoms with Crippen LogP contribution >= 0.6 is 0 Å². The van der Waals surface area contributed by atoms with E-state index in [1.54, 1.807) is 0 Å². The molecule has 1 saturated carbocycles. The third kappa shape index (κ3) is 1.48. The van der Waals surface area contributed by atoms with Crippen molar-refractivity contribution in [2.45, 2.75) is 12.8 Å². The Morgan fingerprint density at radius 2 is 2.42 bits per heavy atom. The first-order valence-corrected chi connectivity index (χ1v) is 3.92. The molecule has 1 aliphatic rings. The molecule has 1 aliphatic carbocycles.